The summed E-state index contributed by atoms with van der Waals surface area (Å²) in [7, 11) is 0. The summed E-state index contributed by atoms with van der Waals surface area (Å²) in [6.07, 6.45) is 3.39. The zero-order chi connectivity index (χ0) is 13.1. The lowest BCUT2D eigenvalue weighted by atomic mass is 10.2. The molecule has 0 N–H and O–H groups in total. The van der Waals surface area contributed by atoms with Crippen LogP contribution in [0.3, 0.4) is 0 Å². The Morgan fingerprint density at radius 1 is 1.28 bits per heavy atom. The van der Waals surface area contributed by atoms with E-state index in [1.165, 1.54) is 16.7 Å². The maximum Gasteiger partial charge on any atom is 0.328 e. The van der Waals surface area contributed by atoms with E-state index in [0.717, 1.165) is 5.56 Å². The van der Waals surface area contributed by atoms with Crippen LogP contribution in [0, 0.1) is 10.1 Å². The molecule has 6 nitrogen and oxygen atoms in total. The number of nitrogens with zero attached hydrogens (tertiary/aromatic N) is 3. The van der Waals surface area contributed by atoms with Crippen LogP contribution in [0.2, 0.25) is 0 Å². The van der Waals surface area contributed by atoms with Gasteiger partial charge in [0.25, 0.3) is 5.69 Å². The molecule has 0 saturated heterocycles. The van der Waals surface area contributed by atoms with Gasteiger partial charge in [0.15, 0.2) is 0 Å². The molecule has 0 atom stereocenters. The standard InChI is InChI=1S/C12H13N3O3/c1-2-13-6-7-14(12(13)16)9-10-4-3-5-11(8-10)15(17)18/h3-8H,2,9H2,1H3. The van der Waals surface area contributed by atoms with E-state index < -0.39 is 4.92 Å². The monoisotopic (exact) mass is 247 g/mol. The van der Waals surface area contributed by atoms with Crippen molar-refractivity contribution in [2.24, 2.45) is 0 Å². The third kappa shape index (κ3) is 2.32. The van der Waals surface area contributed by atoms with Gasteiger partial charge in [-0.15, -0.1) is 0 Å². The molecule has 0 unspecified atom stereocenters. The Morgan fingerprint density at radius 3 is 2.61 bits per heavy atom. The van der Waals surface area contributed by atoms with Crippen LogP contribution in [-0.2, 0) is 13.1 Å². The van der Waals surface area contributed by atoms with Crippen LogP contribution in [0.25, 0.3) is 0 Å². The number of hydrogen-bond donors (Lipinski definition) is 0. The summed E-state index contributed by atoms with van der Waals surface area (Å²) in [6.45, 7) is 2.84. The summed E-state index contributed by atoms with van der Waals surface area (Å²) in [4.78, 5) is 22.0. The molecule has 0 amide bonds. The normalized spacial score (nSPS) is 10.5. The van der Waals surface area contributed by atoms with E-state index in [9.17, 15) is 14.9 Å². The second-order valence-electron chi connectivity index (χ2n) is 3.92. The van der Waals surface area contributed by atoms with E-state index in [2.05, 4.69) is 0 Å². The predicted octanol–water partition coefficient (Wildman–Crippen LogP) is 1.63. The van der Waals surface area contributed by atoms with Crippen LogP contribution in [0.4, 0.5) is 5.69 Å². The van der Waals surface area contributed by atoms with E-state index in [0.29, 0.717) is 13.1 Å². The minimum Gasteiger partial charge on any atom is -0.300 e. The van der Waals surface area contributed by atoms with Crippen molar-refractivity contribution >= 4 is 5.69 Å². The Balaban J connectivity index is 2.28. The maximum absolute atomic E-state index is 11.8. The van der Waals surface area contributed by atoms with Crippen molar-refractivity contribution < 1.29 is 4.92 Å². The largest absolute Gasteiger partial charge is 0.328 e. The predicted molar refractivity (Wildman–Crippen MR) is 66.6 cm³/mol. The first-order valence-corrected chi connectivity index (χ1v) is 5.60. The Hall–Kier alpha value is -2.37. The number of aromatic nitrogens is 2. The molecular weight excluding hydrogens is 234 g/mol. The number of imidazole rings is 1. The van der Waals surface area contributed by atoms with Crippen molar-refractivity contribution in [2.75, 3.05) is 0 Å². The minimum absolute atomic E-state index is 0.0375. The van der Waals surface area contributed by atoms with Gasteiger partial charge in [-0.25, -0.2) is 4.79 Å². The Morgan fingerprint density at radius 2 is 2.00 bits per heavy atom. The molecule has 2 rings (SSSR count). The number of rotatable bonds is 4. The second-order valence-corrected chi connectivity index (χ2v) is 3.92. The highest BCUT2D eigenvalue weighted by Crippen LogP contribution is 2.13. The first-order valence-electron chi connectivity index (χ1n) is 5.60. The van der Waals surface area contributed by atoms with Crippen LogP contribution in [0.5, 0.6) is 0 Å². The molecule has 6 heteroatoms. The van der Waals surface area contributed by atoms with E-state index in [-0.39, 0.29) is 11.4 Å². The van der Waals surface area contributed by atoms with Gasteiger partial charge in [0.1, 0.15) is 0 Å². The van der Waals surface area contributed by atoms with Crippen molar-refractivity contribution in [3.63, 3.8) is 0 Å². The number of nitro benzene ring substituents is 1. The highest BCUT2D eigenvalue weighted by Gasteiger charge is 2.07. The van der Waals surface area contributed by atoms with Crippen LogP contribution < -0.4 is 5.69 Å². The molecule has 0 spiro atoms. The number of nitro groups is 1. The topological polar surface area (TPSA) is 70.1 Å². The molecule has 0 aliphatic carbocycles. The number of hydrogen-bond acceptors (Lipinski definition) is 3. The van der Waals surface area contributed by atoms with Crippen molar-refractivity contribution in [1.82, 2.24) is 9.13 Å². The second kappa shape index (κ2) is 4.87. The van der Waals surface area contributed by atoms with Gasteiger partial charge in [-0.3, -0.25) is 19.2 Å². The molecule has 0 fully saturated rings. The van der Waals surface area contributed by atoms with Gasteiger partial charge in [0.05, 0.1) is 11.5 Å². The highest BCUT2D eigenvalue weighted by atomic mass is 16.6. The Kier molecular flexibility index (Phi) is 3.27. The van der Waals surface area contributed by atoms with Gasteiger partial charge in [0, 0.05) is 31.1 Å². The third-order valence-electron chi connectivity index (χ3n) is 2.73. The fourth-order valence-electron chi connectivity index (χ4n) is 1.78. The van der Waals surface area contributed by atoms with Gasteiger partial charge >= 0.3 is 5.69 Å². The average Bonchev–Trinajstić information content (AvgIpc) is 2.71. The van der Waals surface area contributed by atoms with E-state index in [1.54, 1.807) is 29.1 Å². The van der Waals surface area contributed by atoms with Gasteiger partial charge < -0.3 is 0 Å². The summed E-state index contributed by atoms with van der Waals surface area (Å²) in [5.41, 5.74) is 0.666. The smallest absolute Gasteiger partial charge is 0.300 e. The first-order chi connectivity index (χ1) is 8.61. The lowest BCUT2D eigenvalue weighted by Gasteiger charge is -2.02. The Labute approximate surface area is 103 Å². The molecule has 0 aliphatic rings. The quantitative estimate of drug-likeness (QED) is 0.609. The number of non-ortho nitro benzene ring substituents is 1. The van der Waals surface area contributed by atoms with Crippen LogP contribution in [-0.4, -0.2) is 14.1 Å². The molecule has 18 heavy (non-hydrogen) atoms. The highest BCUT2D eigenvalue weighted by molar-refractivity contribution is 5.34. The van der Waals surface area contributed by atoms with Gasteiger partial charge in [0.2, 0.25) is 0 Å². The molecule has 1 aromatic carbocycles. The van der Waals surface area contributed by atoms with Gasteiger partial charge in [-0.1, -0.05) is 12.1 Å². The van der Waals surface area contributed by atoms with Crippen molar-refractivity contribution in [1.29, 1.82) is 0 Å². The van der Waals surface area contributed by atoms with Crippen molar-refractivity contribution in [3.05, 3.63) is 62.8 Å². The van der Waals surface area contributed by atoms with Crippen LogP contribution in [0.1, 0.15) is 12.5 Å². The molecule has 0 saturated carbocycles. The zero-order valence-corrected chi connectivity index (χ0v) is 9.94. The Bertz CT molecular complexity index is 627. The molecule has 94 valence electrons. The van der Waals surface area contributed by atoms with Crippen LogP contribution >= 0.6 is 0 Å². The summed E-state index contributed by atoms with van der Waals surface area (Å²) < 4.78 is 3.11. The summed E-state index contributed by atoms with van der Waals surface area (Å²) in [6, 6.07) is 6.30. The molecule has 0 aliphatic heterocycles. The first kappa shape index (κ1) is 12.1. The summed E-state index contributed by atoms with van der Waals surface area (Å²) in [5.74, 6) is 0. The van der Waals surface area contributed by atoms with Crippen molar-refractivity contribution in [2.45, 2.75) is 20.0 Å². The fourth-order valence-corrected chi connectivity index (χ4v) is 1.78. The third-order valence-corrected chi connectivity index (χ3v) is 2.73. The minimum atomic E-state index is -0.441. The van der Waals surface area contributed by atoms with E-state index in [4.69, 9.17) is 0 Å². The van der Waals surface area contributed by atoms with E-state index >= 15 is 0 Å². The molecule has 2 aromatic rings. The summed E-state index contributed by atoms with van der Waals surface area (Å²) in [5, 5.41) is 10.7. The van der Waals surface area contributed by atoms with Crippen LogP contribution in [0.15, 0.2) is 41.5 Å². The number of benzene rings is 1. The van der Waals surface area contributed by atoms with Gasteiger partial charge in [-0.05, 0) is 12.5 Å². The molecule has 1 aromatic heterocycles. The molecule has 0 radical (unpaired) electrons. The maximum atomic E-state index is 11.8. The van der Waals surface area contributed by atoms with Crippen molar-refractivity contribution in [3.8, 4) is 0 Å². The molecule has 0 bridgehead atoms. The average molecular weight is 247 g/mol. The molecular formula is C12H13N3O3. The SMILES string of the molecule is CCn1ccn(Cc2cccc([N+](=O)[O-])c2)c1=O. The molecule has 1 heterocycles. The van der Waals surface area contributed by atoms with E-state index in [1.807, 2.05) is 6.92 Å². The number of aryl methyl sites for hydroxylation is 1. The fraction of sp³-hybridized carbons (Fsp3) is 0.250. The lowest BCUT2D eigenvalue weighted by molar-refractivity contribution is -0.384. The zero-order valence-electron chi connectivity index (χ0n) is 9.94. The lowest BCUT2D eigenvalue weighted by Crippen LogP contribution is -2.23. The summed E-state index contributed by atoms with van der Waals surface area (Å²) >= 11 is 0. The van der Waals surface area contributed by atoms with Gasteiger partial charge in [-0.2, -0.15) is 0 Å².